The highest BCUT2D eigenvalue weighted by Crippen LogP contribution is 2.42. The third-order valence-electron chi connectivity index (χ3n) is 7.45. The summed E-state index contributed by atoms with van der Waals surface area (Å²) in [5, 5.41) is 8.43. The van der Waals surface area contributed by atoms with Crippen LogP contribution < -0.4 is 9.04 Å². The van der Waals surface area contributed by atoms with Crippen molar-refractivity contribution in [3.63, 3.8) is 0 Å². The molecular formula is C33H34F3N3O6S. The van der Waals surface area contributed by atoms with Crippen molar-refractivity contribution in [2.24, 2.45) is 0 Å². The lowest BCUT2D eigenvalue weighted by atomic mass is 9.99. The third-order valence-corrected chi connectivity index (χ3v) is 9.28. The van der Waals surface area contributed by atoms with Crippen molar-refractivity contribution < 1.29 is 41.0 Å². The number of hydrogen-bond acceptors (Lipinski definition) is 6. The summed E-state index contributed by atoms with van der Waals surface area (Å²) in [6.45, 7) is 1.75. The SMILES string of the molecule is COc1ccc(S(=O)(=O)N2CC(C(=O)N(CCN(C)C)Cc3ccccc3)c3ccccc32)c2ccccc12.O=C(O)C(F)(F)F. The van der Waals surface area contributed by atoms with Crippen molar-refractivity contribution in [2.45, 2.75) is 23.5 Å². The van der Waals surface area contributed by atoms with Gasteiger partial charge in [0.2, 0.25) is 5.91 Å². The molecule has 244 valence electrons. The van der Waals surface area contributed by atoms with E-state index in [0.717, 1.165) is 16.5 Å². The van der Waals surface area contributed by atoms with Gasteiger partial charge in [-0.3, -0.25) is 9.10 Å². The zero-order chi connectivity index (χ0) is 33.6. The number of aliphatic carboxylic acids is 1. The summed E-state index contributed by atoms with van der Waals surface area (Å²) in [6.07, 6.45) is -5.08. The van der Waals surface area contributed by atoms with Gasteiger partial charge in [-0.15, -0.1) is 0 Å². The van der Waals surface area contributed by atoms with Crippen LogP contribution in [0.15, 0.2) is 95.9 Å². The minimum Gasteiger partial charge on any atom is -0.496 e. The Kier molecular flexibility index (Phi) is 10.6. The number of hydrogen-bond donors (Lipinski definition) is 1. The number of likely N-dealkylation sites (N-methyl/N-ethyl adjacent to an activating group) is 1. The van der Waals surface area contributed by atoms with Crippen molar-refractivity contribution in [3.05, 3.63) is 102 Å². The summed E-state index contributed by atoms with van der Waals surface area (Å²) in [4.78, 5) is 27.1. The van der Waals surface area contributed by atoms with E-state index in [4.69, 9.17) is 14.6 Å². The number of sulfonamides is 1. The molecule has 0 spiro atoms. The van der Waals surface area contributed by atoms with Gasteiger partial charge in [-0.25, -0.2) is 13.2 Å². The zero-order valence-electron chi connectivity index (χ0n) is 25.4. The molecule has 13 heteroatoms. The summed E-state index contributed by atoms with van der Waals surface area (Å²) in [6, 6.07) is 27.8. The summed E-state index contributed by atoms with van der Waals surface area (Å²) in [5.74, 6) is -2.83. The number of carbonyl (C=O) groups excluding carboxylic acids is 1. The summed E-state index contributed by atoms with van der Waals surface area (Å²) in [5.41, 5.74) is 2.31. The molecule has 1 unspecified atom stereocenters. The maximum Gasteiger partial charge on any atom is 0.490 e. The van der Waals surface area contributed by atoms with Crippen LogP contribution >= 0.6 is 0 Å². The van der Waals surface area contributed by atoms with E-state index in [-0.39, 0.29) is 17.3 Å². The number of rotatable bonds is 9. The van der Waals surface area contributed by atoms with Gasteiger partial charge in [0.25, 0.3) is 10.0 Å². The number of halogens is 3. The Morgan fingerprint density at radius 3 is 2.09 bits per heavy atom. The Balaban J connectivity index is 0.000000617. The molecule has 1 amide bonds. The molecule has 9 nitrogen and oxygen atoms in total. The van der Waals surface area contributed by atoms with E-state index in [1.165, 1.54) is 4.31 Å². The summed E-state index contributed by atoms with van der Waals surface area (Å²) >= 11 is 0. The molecule has 1 heterocycles. The van der Waals surface area contributed by atoms with Gasteiger partial charge in [0.15, 0.2) is 0 Å². The molecule has 0 fully saturated rings. The standard InChI is InChI=1S/C31H33N3O4S.C2HF3O2/c1-32(2)19-20-33(21-23-11-5-4-6-12-23)31(35)27-22-34(28-16-10-9-13-24(27)28)39(36,37)30-18-17-29(38-3)25-14-7-8-15-26(25)30;3-2(4,5)1(6)7/h4-18,27H,19-22H2,1-3H3;(H,6,7). The Morgan fingerprint density at radius 1 is 0.891 bits per heavy atom. The highest BCUT2D eigenvalue weighted by Gasteiger charge is 2.42. The van der Waals surface area contributed by atoms with Crippen LogP contribution in [0.2, 0.25) is 0 Å². The highest BCUT2D eigenvalue weighted by molar-refractivity contribution is 7.93. The Morgan fingerprint density at radius 2 is 1.48 bits per heavy atom. The molecule has 0 radical (unpaired) electrons. The van der Waals surface area contributed by atoms with Gasteiger partial charge < -0.3 is 19.6 Å². The lowest BCUT2D eigenvalue weighted by molar-refractivity contribution is -0.192. The number of para-hydroxylation sites is 1. The van der Waals surface area contributed by atoms with Gasteiger partial charge in [-0.2, -0.15) is 13.2 Å². The maximum atomic E-state index is 14.2. The molecule has 4 aromatic rings. The number of methoxy groups -OCH3 is 1. The van der Waals surface area contributed by atoms with Gasteiger partial charge in [-0.1, -0.05) is 72.8 Å². The molecule has 1 atom stereocenters. The van der Waals surface area contributed by atoms with E-state index in [1.807, 2.05) is 90.6 Å². The maximum absolute atomic E-state index is 14.2. The Hall–Kier alpha value is -4.62. The zero-order valence-corrected chi connectivity index (χ0v) is 26.3. The van der Waals surface area contributed by atoms with Gasteiger partial charge in [0, 0.05) is 30.4 Å². The van der Waals surface area contributed by atoms with Crippen LogP contribution in [0.4, 0.5) is 18.9 Å². The van der Waals surface area contributed by atoms with Gasteiger partial charge in [0.05, 0.1) is 30.2 Å². The molecule has 1 N–H and O–H groups in total. The largest absolute Gasteiger partial charge is 0.496 e. The minimum atomic E-state index is -5.08. The number of nitrogens with zero attached hydrogens (tertiary/aromatic N) is 3. The Labute approximate surface area is 265 Å². The predicted molar refractivity (Wildman–Crippen MR) is 168 cm³/mol. The highest BCUT2D eigenvalue weighted by atomic mass is 32.2. The summed E-state index contributed by atoms with van der Waals surface area (Å²) in [7, 11) is 1.54. The molecule has 4 aromatic carbocycles. The number of carboxylic acid groups (broad SMARTS) is 1. The average molecular weight is 658 g/mol. The average Bonchev–Trinajstić information content (AvgIpc) is 3.43. The first-order valence-electron chi connectivity index (χ1n) is 14.2. The minimum absolute atomic E-state index is 0.0497. The molecule has 1 aliphatic rings. The van der Waals surface area contributed by atoms with Crippen LogP contribution in [0.3, 0.4) is 0 Å². The number of amides is 1. The van der Waals surface area contributed by atoms with E-state index in [1.54, 1.807) is 31.4 Å². The summed E-state index contributed by atoms with van der Waals surface area (Å²) < 4.78 is 67.0. The number of anilines is 1. The van der Waals surface area contributed by atoms with E-state index in [0.29, 0.717) is 36.5 Å². The predicted octanol–water partition coefficient (Wildman–Crippen LogP) is 5.36. The molecule has 0 bridgehead atoms. The van der Waals surface area contributed by atoms with Crippen molar-refractivity contribution >= 4 is 38.4 Å². The molecule has 0 aliphatic carbocycles. The fraction of sp³-hybridized carbons (Fsp3) is 0.273. The number of carbonyl (C=O) groups is 2. The first-order chi connectivity index (χ1) is 21.8. The molecule has 0 aromatic heterocycles. The first kappa shape index (κ1) is 34.3. The lowest BCUT2D eigenvalue weighted by Gasteiger charge is -2.28. The van der Waals surface area contributed by atoms with E-state index < -0.39 is 28.1 Å². The topological polar surface area (TPSA) is 107 Å². The van der Waals surface area contributed by atoms with Crippen LogP contribution in [-0.2, 0) is 26.2 Å². The second-order valence-corrected chi connectivity index (χ2v) is 12.6. The number of fused-ring (bicyclic) bond motifs is 2. The van der Waals surface area contributed by atoms with Crippen LogP contribution in [0.25, 0.3) is 10.8 Å². The van der Waals surface area contributed by atoms with Crippen LogP contribution in [0, 0.1) is 0 Å². The third kappa shape index (κ3) is 7.60. The number of alkyl halides is 3. The van der Waals surface area contributed by atoms with Crippen molar-refractivity contribution in [2.75, 3.05) is 45.1 Å². The number of ether oxygens (including phenoxy) is 1. The number of benzene rings is 4. The van der Waals surface area contributed by atoms with Crippen LogP contribution in [-0.4, -0.2) is 82.2 Å². The van der Waals surface area contributed by atoms with E-state index >= 15 is 0 Å². The van der Waals surface area contributed by atoms with E-state index in [9.17, 15) is 26.4 Å². The molecule has 0 saturated carbocycles. The number of carboxylic acids is 1. The molecule has 0 saturated heterocycles. The Bertz CT molecular complexity index is 1800. The van der Waals surface area contributed by atoms with Crippen molar-refractivity contribution in [1.82, 2.24) is 9.80 Å². The molecule has 46 heavy (non-hydrogen) atoms. The molecule has 5 rings (SSSR count). The molecule has 1 aliphatic heterocycles. The van der Waals surface area contributed by atoms with Crippen LogP contribution in [0.5, 0.6) is 5.75 Å². The molecular weight excluding hydrogens is 623 g/mol. The first-order valence-corrected chi connectivity index (χ1v) is 15.6. The van der Waals surface area contributed by atoms with Gasteiger partial charge >= 0.3 is 12.1 Å². The monoisotopic (exact) mass is 657 g/mol. The quantitative estimate of drug-likeness (QED) is 0.258. The normalized spacial score (nSPS) is 14.4. The van der Waals surface area contributed by atoms with E-state index in [2.05, 4.69) is 0 Å². The second-order valence-electron chi connectivity index (χ2n) is 10.8. The second kappa shape index (κ2) is 14.2. The lowest BCUT2D eigenvalue weighted by Crippen LogP contribution is -2.41. The van der Waals surface area contributed by atoms with Gasteiger partial charge in [0.1, 0.15) is 5.75 Å². The van der Waals surface area contributed by atoms with Crippen LogP contribution in [0.1, 0.15) is 17.0 Å². The fourth-order valence-corrected chi connectivity index (χ4v) is 6.89. The smallest absolute Gasteiger partial charge is 0.490 e. The fourth-order valence-electron chi connectivity index (χ4n) is 5.19. The van der Waals surface area contributed by atoms with Gasteiger partial charge in [-0.05, 0) is 43.4 Å². The van der Waals surface area contributed by atoms with Crippen molar-refractivity contribution in [3.8, 4) is 5.75 Å². The van der Waals surface area contributed by atoms with Crippen molar-refractivity contribution in [1.29, 1.82) is 0 Å².